The standard InChI is InChI=1S/C19H19Cl2N3S2/c1-11-3-5-13-14(10-25-17(13)7-11)18-22-23-19(24(18)2)26-9-12-4-6-15(20)16(21)8-12/h4,6,8,10-11H,3,5,7,9H2,1-2H3. The fraction of sp³-hybridized carbons (Fsp3) is 0.368. The van der Waals surface area contributed by atoms with Gasteiger partial charge in [0.1, 0.15) is 0 Å². The summed E-state index contributed by atoms with van der Waals surface area (Å²) >= 11 is 15.6. The van der Waals surface area contributed by atoms with Crippen molar-refractivity contribution in [3.63, 3.8) is 0 Å². The van der Waals surface area contributed by atoms with Gasteiger partial charge in [0.25, 0.3) is 0 Å². The number of hydrogen-bond acceptors (Lipinski definition) is 4. The van der Waals surface area contributed by atoms with Gasteiger partial charge in [0.2, 0.25) is 0 Å². The normalized spacial score (nSPS) is 16.7. The molecule has 0 saturated heterocycles. The van der Waals surface area contributed by atoms with E-state index in [1.807, 2.05) is 36.6 Å². The van der Waals surface area contributed by atoms with Crippen molar-refractivity contribution >= 4 is 46.3 Å². The van der Waals surface area contributed by atoms with Crippen LogP contribution in [0.2, 0.25) is 10.0 Å². The maximum absolute atomic E-state index is 6.10. The van der Waals surface area contributed by atoms with E-state index in [4.69, 9.17) is 23.2 Å². The monoisotopic (exact) mass is 423 g/mol. The molecule has 0 bridgehead atoms. The van der Waals surface area contributed by atoms with Crippen LogP contribution in [0.15, 0.2) is 28.7 Å². The first kappa shape index (κ1) is 18.4. The molecule has 26 heavy (non-hydrogen) atoms. The van der Waals surface area contributed by atoms with Crippen molar-refractivity contribution < 1.29 is 0 Å². The maximum Gasteiger partial charge on any atom is 0.191 e. The van der Waals surface area contributed by atoms with E-state index in [0.29, 0.717) is 10.0 Å². The minimum Gasteiger partial charge on any atom is -0.305 e. The lowest BCUT2D eigenvalue weighted by Crippen LogP contribution is -2.09. The average molecular weight is 424 g/mol. The molecule has 0 amide bonds. The molecular weight excluding hydrogens is 405 g/mol. The lowest BCUT2D eigenvalue weighted by Gasteiger charge is -2.18. The van der Waals surface area contributed by atoms with Crippen LogP contribution in [0, 0.1) is 5.92 Å². The summed E-state index contributed by atoms with van der Waals surface area (Å²) in [5.41, 5.74) is 3.86. The van der Waals surface area contributed by atoms with E-state index in [1.54, 1.807) is 11.8 Å². The molecule has 3 nitrogen and oxygen atoms in total. The molecule has 1 aromatic carbocycles. The van der Waals surface area contributed by atoms with E-state index < -0.39 is 0 Å². The third-order valence-corrected chi connectivity index (χ3v) is 7.71. The molecular formula is C19H19Cl2N3S2. The second-order valence-electron chi connectivity index (χ2n) is 6.80. The Hall–Kier alpha value is -1.01. The lowest BCUT2D eigenvalue weighted by molar-refractivity contribution is 0.508. The molecule has 4 rings (SSSR count). The lowest BCUT2D eigenvalue weighted by atomic mass is 9.88. The zero-order chi connectivity index (χ0) is 18.3. The Morgan fingerprint density at radius 1 is 1.27 bits per heavy atom. The molecule has 1 aliphatic carbocycles. The summed E-state index contributed by atoms with van der Waals surface area (Å²) in [6, 6.07) is 5.74. The average Bonchev–Trinajstić information content (AvgIpc) is 3.19. The Morgan fingerprint density at radius 2 is 2.12 bits per heavy atom. The number of nitrogens with zero attached hydrogens (tertiary/aromatic N) is 3. The summed E-state index contributed by atoms with van der Waals surface area (Å²) in [5, 5.41) is 13.2. The number of aromatic nitrogens is 3. The highest BCUT2D eigenvalue weighted by atomic mass is 35.5. The Labute approximate surface area is 171 Å². The zero-order valence-electron chi connectivity index (χ0n) is 14.6. The summed E-state index contributed by atoms with van der Waals surface area (Å²) in [4.78, 5) is 1.52. The molecule has 0 aliphatic heterocycles. The van der Waals surface area contributed by atoms with Crippen molar-refractivity contribution in [2.75, 3.05) is 0 Å². The van der Waals surface area contributed by atoms with E-state index in [2.05, 4.69) is 27.1 Å². The fourth-order valence-corrected chi connectivity index (χ4v) is 5.73. The molecule has 1 aliphatic rings. The van der Waals surface area contributed by atoms with Crippen LogP contribution in [0.25, 0.3) is 11.4 Å². The summed E-state index contributed by atoms with van der Waals surface area (Å²) < 4.78 is 2.10. The van der Waals surface area contributed by atoms with Gasteiger partial charge in [-0.1, -0.05) is 48.0 Å². The van der Waals surface area contributed by atoms with Crippen LogP contribution in [0.3, 0.4) is 0 Å². The van der Waals surface area contributed by atoms with Crippen LogP contribution in [-0.4, -0.2) is 14.8 Å². The van der Waals surface area contributed by atoms with Gasteiger partial charge in [0.15, 0.2) is 11.0 Å². The Bertz CT molecular complexity index is 948. The summed E-state index contributed by atoms with van der Waals surface area (Å²) in [7, 11) is 2.04. The largest absolute Gasteiger partial charge is 0.305 e. The summed E-state index contributed by atoms with van der Waals surface area (Å²) in [6.07, 6.45) is 3.60. The van der Waals surface area contributed by atoms with Crippen molar-refractivity contribution in [2.45, 2.75) is 37.1 Å². The van der Waals surface area contributed by atoms with Crippen molar-refractivity contribution in [2.24, 2.45) is 13.0 Å². The molecule has 7 heteroatoms. The first-order valence-corrected chi connectivity index (χ1v) is 11.2. The van der Waals surface area contributed by atoms with Crippen molar-refractivity contribution in [1.29, 1.82) is 0 Å². The Kier molecular flexibility index (Phi) is 5.33. The van der Waals surface area contributed by atoms with Crippen LogP contribution >= 0.6 is 46.3 Å². The van der Waals surface area contributed by atoms with Crippen molar-refractivity contribution in [3.05, 3.63) is 49.6 Å². The molecule has 1 unspecified atom stereocenters. The van der Waals surface area contributed by atoms with Gasteiger partial charge in [0.05, 0.1) is 10.0 Å². The van der Waals surface area contributed by atoms with E-state index in [1.165, 1.54) is 28.8 Å². The molecule has 136 valence electrons. The molecule has 2 heterocycles. The number of hydrogen-bond donors (Lipinski definition) is 0. The van der Waals surface area contributed by atoms with E-state index in [9.17, 15) is 0 Å². The molecule has 1 atom stereocenters. The molecule has 2 aromatic heterocycles. The van der Waals surface area contributed by atoms with Gasteiger partial charge in [-0.15, -0.1) is 21.5 Å². The highest BCUT2D eigenvalue weighted by Crippen LogP contribution is 2.38. The minimum absolute atomic E-state index is 0.581. The van der Waals surface area contributed by atoms with Gasteiger partial charge in [-0.2, -0.15) is 0 Å². The maximum atomic E-state index is 6.10. The van der Waals surface area contributed by atoms with Crippen LogP contribution in [0.4, 0.5) is 0 Å². The summed E-state index contributed by atoms with van der Waals surface area (Å²) in [5.74, 6) is 2.53. The third kappa shape index (κ3) is 3.55. The number of benzene rings is 1. The van der Waals surface area contributed by atoms with Gasteiger partial charge in [-0.25, -0.2) is 0 Å². The summed E-state index contributed by atoms with van der Waals surface area (Å²) in [6.45, 7) is 2.34. The first-order chi connectivity index (χ1) is 12.5. The SMILES string of the molecule is CC1CCc2c(-c3nnc(SCc4ccc(Cl)c(Cl)c4)n3C)csc2C1. The van der Waals surface area contributed by atoms with E-state index in [-0.39, 0.29) is 0 Å². The number of fused-ring (bicyclic) bond motifs is 1. The number of halogens is 2. The molecule has 0 N–H and O–H groups in total. The first-order valence-electron chi connectivity index (χ1n) is 8.58. The molecule has 0 fully saturated rings. The van der Waals surface area contributed by atoms with Crippen LogP contribution < -0.4 is 0 Å². The van der Waals surface area contributed by atoms with E-state index >= 15 is 0 Å². The van der Waals surface area contributed by atoms with E-state index in [0.717, 1.165) is 34.6 Å². The highest BCUT2D eigenvalue weighted by Gasteiger charge is 2.23. The van der Waals surface area contributed by atoms with Gasteiger partial charge >= 0.3 is 0 Å². The fourth-order valence-electron chi connectivity index (χ4n) is 3.32. The van der Waals surface area contributed by atoms with Crippen LogP contribution in [0.5, 0.6) is 0 Å². The number of thioether (sulfide) groups is 1. The Morgan fingerprint density at radius 3 is 2.92 bits per heavy atom. The van der Waals surface area contributed by atoms with Gasteiger partial charge < -0.3 is 4.57 Å². The van der Waals surface area contributed by atoms with Crippen LogP contribution in [0.1, 0.15) is 29.3 Å². The molecule has 0 saturated carbocycles. The smallest absolute Gasteiger partial charge is 0.191 e. The van der Waals surface area contributed by atoms with Gasteiger partial charge in [-0.05, 0) is 48.4 Å². The zero-order valence-corrected chi connectivity index (χ0v) is 17.8. The minimum atomic E-state index is 0.581. The quantitative estimate of drug-likeness (QED) is 0.463. The molecule has 0 spiro atoms. The van der Waals surface area contributed by atoms with Gasteiger partial charge in [0, 0.05) is 28.6 Å². The third-order valence-electron chi connectivity index (χ3n) is 4.83. The topological polar surface area (TPSA) is 30.7 Å². The molecule has 3 aromatic rings. The number of rotatable bonds is 4. The predicted molar refractivity (Wildman–Crippen MR) is 112 cm³/mol. The van der Waals surface area contributed by atoms with Crippen molar-refractivity contribution in [3.8, 4) is 11.4 Å². The van der Waals surface area contributed by atoms with Gasteiger partial charge in [-0.3, -0.25) is 0 Å². The predicted octanol–water partition coefficient (Wildman–Crippen LogP) is 6.27. The van der Waals surface area contributed by atoms with Crippen molar-refractivity contribution in [1.82, 2.24) is 14.8 Å². The van der Waals surface area contributed by atoms with Crippen LogP contribution in [-0.2, 0) is 25.6 Å². The second kappa shape index (κ2) is 7.55. The Balaban J connectivity index is 1.54. The molecule has 0 radical (unpaired) electrons. The second-order valence-corrected chi connectivity index (χ2v) is 9.52. The number of thiophene rings is 1. The highest BCUT2D eigenvalue weighted by molar-refractivity contribution is 7.98.